The molecule has 0 aliphatic heterocycles. The van der Waals surface area contributed by atoms with Crippen molar-refractivity contribution in [1.29, 1.82) is 0 Å². The smallest absolute Gasteiger partial charge is 0.321 e. The van der Waals surface area contributed by atoms with Crippen LogP contribution in [0.1, 0.15) is 0 Å². The fourth-order valence-electron chi connectivity index (χ4n) is 2.14. The van der Waals surface area contributed by atoms with Crippen molar-refractivity contribution in [3.8, 4) is 17.5 Å². The van der Waals surface area contributed by atoms with Crippen LogP contribution in [-0.4, -0.2) is 25.5 Å². The number of hydrogen-bond acceptors (Lipinski definition) is 6. The summed E-state index contributed by atoms with van der Waals surface area (Å²) in [5.41, 5.74) is 0.334. The first kappa shape index (κ1) is 18.2. The van der Waals surface area contributed by atoms with Crippen molar-refractivity contribution in [2.45, 2.75) is 4.90 Å². The molecular weight excluding hydrogens is 422 g/mol. The van der Waals surface area contributed by atoms with Crippen molar-refractivity contribution in [3.05, 3.63) is 65.4 Å². The van der Waals surface area contributed by atoms with Gasteiger partial charge < -0.3 is 9.47 Å². The summed E-state index contributed by atoms with van der Waals surface area (Å²) in [5, 5.41) is 0. The number of methoxy groups -OCH3 is 1. The van der Waals surface area contributed by atoms with Crippen molar-refractivity contribution in [1.82, 2.24) is 9.97 Å². The summed E-state index contributed by atoms with van der Waals surface area (Å²) in [5.74, 6) is 0.642. The molecule has 0 aliphatic rings. The van der Waals surface area contributed by atoms with Crippen LogP contribution in [-0.2, 0) is 10.0 Å². The predicted octanol–water partition coefficient (Wildman–Crippen LogP) is 3.84. The Morgan fingerprint density at radius 3 is 2.54 bits per heavy atom. The van der Waals surface area contributed by atoms with Crippen LogP contribution in [0.15, 0.2) is 70.3 Å². The molecule has 1 N–H and O–H groups in total. The van der Waals surface area contributed by atoms with E-state index in [0.717, 1.165) is 0 Å². The van der Waals surface area contributed by atoms with Crippen LogP contribution in [0.4, 0.5) is 5.69 Å². The van der Waals surface area contributed by atoms with Crippen molar-refractivity contribution in [2.24, 2.45) is 0 Å². The van der Waals surface area contributed by atoms with E-state index in [0.29, 0.717) is 15.9 Å². The standard InChI is InChI=1S/C17H14BrN3O4S/c1-24-15-7-6-12(18)10-16(15)26(22,23)21-13-4-2-5-14(11-13)25-17-19-8-3-9-20-17/h2-11,21H,1H3. The van der Waals surface area contributed by atoms with Gasteiger partial charge in [0.2, 0.25) is 0 Å². The molecule has 1 aromatic heterocycles. The zero-order valence-corrected chi connectivity index (χ0v) is 16.0. The lowest BCUT2D eigenvalue weighted by atomic mass is 10.3. The fraction of sp³-hybridized carbons (Fsp3) is 0.0588. The lowest BCUT2D eigenvalue weighted by Crippen LogP contribution is -2.14. The van der Waals surface area contributed by atoms with E-state index >= 15 is 0 Å². The molecule has 0 atom stereocenters. The van der Waals surface area contributed by atoms with Gasteiger partial charge in [0.05, 0.1) is 12.8 Å². The molecule has 0 radical (unpaired) electrons. The fourth-order valence-corrected chi connectivity index (χ4v) is 3.90. The Morgan fingerprint density at radius 1 is 1.04 bits per heavy atom. The largest absolute Gasteiger partial charge is 0.495 e. The molecule has 3 aromatic rings. The Bertz CT molecular complexity index is 1010. The molecule has 1 heterocycles. The monoisotopic (exact) mass is 435 g/mol. The van der Waals surface area contributed by atoms with Crippen molar-refractivity contribution < 1.29 is 17.9 Å². The number of nitrogens with zero attached hydrogens (tertiary/aromatic N) is 2. The highest BCUT2D eigenvalue weighted by Crippen LogP contribution is 2.30. The van der Waals surface area contributed by atoms with Crippen LogP contribution in [0.3, 0.4) is 0 Å². The van der Waals surface area contributed by atoms with Gasteiger partial charge in [-0.1, -0.05) is 22.0 Å². The van der Waals surface area contributed by atoms with E-state index in [1.54, 1.807) is 54.9 Å². The van der Waals surface area contributed by atoms with Gasteiger partial charge in [-0.25, -0.2) is 18.4 Å². The van der Waals surface area contributed by atoms with Gasteiger partial charge >= 0.3 is 6.01 Å². The highest BCUT2D eigenvalue weighted by molar-refractivity contribution is 9.10. The summed E-state index contributed by atoms with van der Waals surface area (Å²) in [6, 6.07) is 13.1. The molecule has 0 amide bonds. The first-order valence-corrected chi connectivity index (χ1v) is 9.67. The average Bonchev–Trinajstić information content (AvgIpc) is 2.62. The first-order valence-electron chi connectivity index (χ1n) is 7.39. The summed E-state index contributed by atoms with van der Waals surface area (Å²) in [6.45, 7) is 0. The van der Waals surface area contributed by atoms with E-state index in [-0.39, 0.29) is 16.7 Å². The maximum absolute atomic E-state index is 12.7. The molecular formula is C17H14BrN3O4S. The second-order valence-corrected chi connectivity index (χ2v) is 7.63. The molecule has 0 bridgehead atoms. The number of nitrogens with one attached hydrogen (secondary N) is 1. The number of halogens is 1. The zero-order valence-electron chi connectivity index (χ0n) is 13.6. The normalized spacial score (nSPS) is 11.0. The lowest BCUT2D eigenvalue weighted by Gasteiger charge is -2.12. The molecule has 0 aliphatic carbocycles. The molecule has 0 unspecified atom stereocenters. The van der Waals surface area contributed by atoms with E-state index < -0.39 is 10.0 Å². The third-order valence-electron chi connectivity index (χ3n) is 3.25. The van der Waals surface area contributed by atoms with Gasteiger partial charge in [0, 0.05) is 22.9 Å². The molecule has 3 rings (SSSR count). The zero-order chi connectivity index (χ0) is 18.6. The Kier molecular flexibility index (Phi) is 5.38. The SMILES string of the molecule is COc1ccc(Br)cc1S(=O)(=O)Nc1cccc(Oc2ncccn2)c1. The molecule has 7 nitrogen and oxygen atoms in total. The van der Waals surface area contributed by atoms with E-state index in [4.69, 9.17) is 9.47 Å². The molecule has 0 fully saturated rings. The summed E-state index contributed by atoms with van der Waals surface area (Å²) >= 11 is 3.27. The number of benzene rings is 2. The molecule has 0 saturated heterocycles. The third kappa shape index (κ3) is 4.30. The van der Waals surface area contributed by atoms with Crippen molar-refractivity contribution in [3.63, 3.8) is 0 Å². The van der Waals surface area contributed by atoms with E-state index in [1.807, 2.05) is 0 Å². The predicted molar refractivity (Wildman–Crippen MR) is 100 cm³/mol. The maximum atomic E-state index is 12.7. The quantitative estimate of drug-likeness (QED) is 0.632. The molecule has 0 saturated carbocycles. The number of anilines is 1. The number of rotatable bonds is 6. The van der Waals surface area contributed by atoms with Gasteiger partial charge in [0.15, 0.2) is 0 Å². The van der Waals surface area contributed by atoms with Gasteiger partial charge in [-0.2, -0.15) is 0 Å². The van der Waals surface area contributed by atoms with Crippen LogP contribution in [0, 0.1) is 0 Å². The Hall–Kier alpha value is -2.65. The summed E-state index contributed by atoms with van der Waals surface area (Å²) < 4.78 is 39.2. The van der Waals surface area contributed by atoms with Gasteiger partial charge in [0.25, 0.3) is 10.0 Å². The topological polar surface area (TPSA) is 90.4 Å². The molecule has 26 heavy (non-hydrogen) atoms. The highest BCUT2D eigenvalue weighted by Gasteiger charge is 2.20. The van der Waals surface area contributed by atoms with E-state index in [1.165, 1.54) is 13.2 Å². The molecule has 9 heteroatoms. The van der Waals surface area contributed by atoms with Crippen molar-refractivity contribution in [2.75, 3.05) is 11.8 Å². The van der Waals surface area contributed by atoms with Gasteiger partial charge in [0.1, 0.15) is 16.4 Å². The van der Waals surface area contributed by atoms with Gasteiger partial charge in [-0.3, -0.25) is 4.72 Å². The third-order valence-corrected chi connectivity index (χ3v) is 5.15. The van der Waals surface area contributed by atoms with Crippen LogP contribution in [0.25, 0.3) is 0 Å². The highest BCUT2D eigenvalue weighted by atomic mass is 79.9. The number of ether oxygens (including phenoxy) is 2. The molecule has 0 spiro atoms. The average molecular weight is 436 g/mol. The summed E-state index contributed by atoms with van der Waals surface area (Å²) in [6.07, 6.45) is 3.10. The van der Waals surface area contributed by atoms with Gasteiger partial charge in [-0.15, -0.1) is 0 Å². The number of sulfonamides is 1. The maximum Gasteiger partial charge on any atom is 0.321 e. The van der Waals surface area contributed by atoms with Crippen LogP contribution in [0.2, 0.25) is 0 Å². The Morgan fingerprint density at radius 2 is 1.81 bits per heavy atom. The lowest BCUT2D eigenvalue weighted by molar-refractivity contribution is 0.403. The second kappa shape index (κ2) is 7.71. The minimum absolute atomic E-state index is 0.0205. The minimum Gasteiger partial charge on any atom is -0.495 e. The number of hydrogen-bond donors (Lipinski definition) is 1. The van der Waals surface area contributed by atoms with Crippen LogP contribution in [0.5, 0.6) is 17.5 Å². The summed E-state index contributed by atoms with van der Waals surface area (Å²) in [4.78, 5) is 7.95. The molecule has 134 valence electrons. The summed E-state index contributed by atoms with van der Waals surface area (Å²) in [7, 11) is -2.45. The van der Waals surface area contributed by atoms with E-state index in [2.05, 4.69) is 30.6 Å². The molecule has 2 aromatic carbocycles. The minimum atomic E-state index is -3.86. The van der Waals surface area contributed by atoms with Gasteiger partial charge in [-0.05, 0) is 36.4 Å². The van der Waals surface area contributed by atoms with Crippen LogP contribution < -0.4 is 14.2 Å². The Labute approximate surface area is 159 Å². The second-order valence-electron chi connectivity index (χ2n) is 5.06. The number of aromatic nitrogens is 2. The van der Waals surface area contributed by atoms with Crippen molar-refractivity contribution >= 4 is 31.6 Å². The van der Waals surface area contributed by atoms with E-state index in [9.17, 15) is 8.42 Å². The first-order chi connectivity index (χ1) is 12.5. The Balaban J connectivity index is 1.87. The van der Waals surface area contributed by atoms with Crippen LogP contribution >= 0.6 is 15.9 Å².